The van der Waals surface area contributed by atoms with Crippen LogP contribution in [-0.2, 0) is 14.0 Å². The predicted octanol–water partition coefficient (Wildman–Crippen LogP) is 7.50. The van der Waals surface area contributed by atoms with Gasteiger partial charge in [0.2, 0.25) is 0 Å². The number of alkyl halides is 3. The van der Waals surface area contributed by atoms with E-state index in [-0.39, 0.29) is 11.1 Å². The zero-order valence-electron chi connectivity index (χ0n) is 25.9. The van der Waals surface area contributed by atoms with Gasteiger partial charge in [0.05, 0.1) is 11.6 Å². The molecule has 3 aromatic carbocycles. The molecule has 0 saturated heterocycles. The highest BCUT2D eigenvalue weighted by Crippen LogP contribution is 2.40. The fraction of sp³-hybridized carbons (Fsp3) is 0.400. The summed E-state index contributed by atoms with van der Waals surface area (Å²) in [5.74, 6) is -2.00. The lowest BCUT2D eigenvalue weighted by Crippen LogP contribution is -2.67. The van der Waals surface area contributed by atoms with E-state index in [0.29, 0.717) is 18.4 Å². The predicted molar refractivity (Wildman–Crippen MR) is 170 cm³/mol. The minimum Gasteiger partial charge on any atom is -0.405 e. The summed E-state index contributed by atoms with van der Waals surface area (Å²) in [7, 11) is -2.87. The molecule has 0 aliphatic carbocycles. The highest BCUT2D eigenvalue weighted by Gasteiger charge is 2.51. The van der Waals surface area contributed by atoms with Crippen LogP contribution in [0.3, 0.4) is 0 Å². The van der Waals surface area contributed by atoms with E-state index in [1.54, 1.807) is 30.3 Å². The van der Waals surface area contributed by atoms with Crippen molar-refractivity contribution in [2.24, 2.45) is 0 Å². The summed E-state index contributed by atoms with van der Waals surface area (Å²) >= 11 is 0. The molecule has 0 aliphatic heterocycles. The minimum absolute atomic E-state index is 0.234. The topological polar surface area (TPSA) is 47.6 Å². The Hall–Kier alpha value is -3.20. The molecule has 4 atom stereocenters. The monoisotopic (exact) mass is 611 g/mol. The number of nitrogens with one attached hydrogen (secondary N) is 1. The van der Waals surface area contributed by atoms with Crippen molar-refractivity contribution in [3.05, 3.63) is 109 Å². The first-order chi connectivity index (χ1) is 20.1. The van der Waals surface area contributed by atoms with E-state index < -0.39 is 38.1 Å². The van der Waals surface area contributed by atoms with Crippen LogP contribution in [0.4, 0.5) is 13.2 Å². The van der Waals surface area contributed by atoms with Crippen LogP contribution in [0.25, 0.3) is 0 Å². The third-order valence-corrected chi connectivity index (χ3v) is 12.9. The van der Waals surface area contributed by atoms with Crippen LogP contribution >= 0.6 is 0 Å². The molecular formula is C35H44F3NO3Si. The summed E-state index contributed by atoms with van der Waals surface area (Å²) in [5.41, 5.74) is -0.210. The molecule has 8 heteroatoms. The van der Waals surface area contributed by atoms with Gasteiger partial charge in [0.15, 0.2) is 0 Å². The van der Waals surface area contributed by atoms with E-state index >= 15 is 0 Å². The van der Waals surface area contributed by atoms with Crippen LogP contribution in [0.2, 0.25) is 5.04 Å². The molecule has 0 saturated carbocycles. The van der Waals surface area contributed by atoms with Gasteiger partial charge in [-0.15, -0.1) is 6.58 Å². The summed E-state index contributed by atoms with van der Waals surface area (Å²) < 4.78 is 53.5. The van der Waals surface area contributed by atoms with Gasteiger partial charge in [-0.05, 0) is 48.2 Å². The Balaban J connectivity index is 2.00. The van der Waals surface area contributed by atoms with Gasteiger partial charge in [0.25, 0.3) is 8.32 Å². The van der Waals surface area contributed by atoms with Crippen LogP contribution < -0.4 is 15.7 Å². The maximum atomic E-state index is 13.2. The summed E-state index contributed by atoms with van der Waals surface area (Å²) in [6.07, 6.45) is -3.54. The molecule has 0 heterocycles. The van der Waals surface area contributed by atoms with Crippen molar-refractivity contribution in [1.29, 1.82) is 0 Å². The van der Waals surface area contributed by atoms with E-state index in [9.17, 15) is 18.0 Å². The molecule has 0 fully saturated rings. The van der Waals surface area contributed by atoms with Crippen LogP contribution in [0.15, 0.2) is 104 Å². The second kappa shape index (κ2) is 14.1. The van der Waals surface area contributed by atoms with Crippen LogP contribution in [0.1, 0.15) is 66.1 Å². The Bertz CT molecular complexity index is 1270. The molecule has 0 radical (unpaired) electrons. The summed E-state index contributed by atoms with van der Waals surface area (Å²) in [6.45, 7) is 16.0. The quantitative estimate of drug-likeness (QED) is 0.161. The van der Waals surface area contributed by atoms with Crippen molar-refractivity contribution in [3.8, 4) is 0 Å². The molecule has 1 amide bonds. The Morgan fingerprint density at radius 1 is 0.860 bits per heavy atom. The number of rotatable bonds is 13. The lowest BCUT2D eigenvalue weighted by atomic mass is 9.93. The van der Waals surface area contributed by atoms with E-state index in [1.165, 1.54) is 6.92 Å². The lowest BCUT2D eigenvalue weighted by molar-refractivity contribution is -0.176. The van der Waals surface area contributed by atoms with Crippen LogP contribution in [0.5, 0.6) is 0 Å². The third-order valence-electron chi connectivity index (χ3n) is 7.70. The highest BCUT2D eigenvalue weighted by atomic mass is 28.4. The summed E-state index contributed by atoms with van der Waals surface area (Å²) in [6, 6.07) is 28.7. The Labute approximate surface area is 255 Å². The molecule has 0 aromatic heterocycles. The van der Waals surface area contributed by atoms with Gasteiger partial charge in [-0.1, -0.05) is 118 Å². The van der Waals surface area contributed by atoms with Crippen molar-refractivity contribution in [2.45, 2.75) is 89.4 Å². The zero-order valence-corrected chi connectivity index (χ0v) is 26.9. The minimum atomic E-state index is -5.00. The van der Waals surface area contributed by atoms with E-state index in [1.807, 2.05) is 56.3 Å². The van der Waals surface area contributed by atoms with Gasteiger partial charge in [0, 0.05) is 12.5 Å². The number of halogens is 3. The molecule has 232 valence electrons. The first-order valence-corrected chi connectivity index (χ1v) is 16.5. The number of benzene rings is 3. The molecule has 4 nitrogen and oxygen atoms in total. The number of hydrogen-bond donors (Lipinski definition) is 1. The van der Waals surface area contributed by atoms with Gasteiger partial charge in [-0.2, -0.15) is 13.2 Å². The first kappa shape index (κ1) is 34.3. The number of ether oxygens (including phenoxy) is 1. The van der Waals surface area contributed by atoms with E-state index in [4.69, 9.17) is 9.16 Å². The van der Waals surface area contributed by atoms with Gasteiger partial charge >= 0.3 is 12.1 Å². The molecule has 1 N–H and O–H groups in total. The maximum Gasteiger partial charge on any atom is 0.471 e. The molecule has 0 unspecified atom stereocenters. The third kappa shape index (κ3) is 8.46. The van der Waals surface area contributed by atoms with Gasteiger partial charge in [-0.25, -0.2) is 0 Å². The van der Waals surface area contributed by atoms with Crippen LogP contribution in [-0.4, -0.2) is 38.1 Å². The first-order valence-electron chi connectivity index (χ1n) is 14.6. The molecule has 0 spiro atoms. The molecule has 43 heavy (non-hydrogen) atoms. The van der Waals surface area contributed by atoms with Gasteiger partial charge in [-0.3, -0.25) is 4.79 Å². The van der Waals surface area contributed by atoms with Crippen molar-refractivity contribution in [3.63, 3.8) is 0 Å². The molecule has 0 bridgehead atoms. The lowest BCUT2D eigenvalue weighted by Gasteiger charge is -2.46. The number of carbonyl (C=O) groups excluding carboxylic acids is 1. The summed E-state index contributed by atoms with van der Waals surface area (Å²) in [5, 5.41) is 4.17. The molecule has 3 aromatic rings. The molecule has 0 aliphatic rings. The second-order valence-electron chi connectivity index (χ2n) is 12.4. The van der Waals surface area contributed by atoms with Gasteiger partial charge < -0.3 is 14.5 Å². The number of hydrogen-bond acceptors (Lipinski definition) is 3. The van der Waals surface area contributed by atoms with Crippen molar-refractivity contribution < 1.29 is 27.1 Å². The Morgan fingerprint density at radius 2 is 1.33 bits per heavy atom. The SMILES string of the molecule is C=CC[C@](C)(C[C@@H](C)O[Si](c1ccccc1)(c1ccccc1)C(C)(C)C)O[C@H](c1ccccc1)[C@@H](C)NC(=O)C(F)(F)F. The molecule has 3 rings (SSSR count). The Kier molecular flexibility index (Phi) is 11.2. The number of amides is 1. The van der Waals surface area contributed by atoms with Gasteiger partial charge in [0.1, 0.15) is 6.10 Å². The molecular weight excluding hydrogens is 567 g/mol. The second-order valence-corrected chi connectivity index (χ2v) is 16.7. The van der Waals surface area contributed by atoms with Crippen molar-refractivity contribution in [2.75, 3.05) is 0 Å². The zero-order chi connectivity index (χ0) is 31.9. The largest absolute Gasteiger partial charge is 0.471 e. The summed E-state index contributed by atoms with van der Waals surface area (Å²) in [4.78, 5) is 11.9. The smallest absolute Gasteiger partial charge is 0.405 e. The average molecular weight is 612 g/mol. The Morgan fingerprint density at radius 3 is 1.74 bits per heavy atom. The maximum absolute atomic E-state index is 13.2. The average Bonchev–Trinajstić information content (AvgIpc) is 2.95. The van der Waals surface area contributed by atoms with E-state index in [2.05, 4.69) is 56.9 Å². The standard InChI is InChI=1S/C35H44F3NO3Si/c1-8-24-34(7,41-31(28-18-12-9-13-19-28)27(3)39-32(40)35(36,37)38)25-26(2)42-43(33(4,5)6,29-20-14-10-15-21-29)30-22-16-11-17-23-30/h8-23,26-27,31H,1,24-25H2,2-7H3,(H,39,40)/t26-,27-,31+,34-/m1/s1. The number of carbonyl (C=O) groups is 1. The highest BCUT2D eigenvalue weighted by molar-refractivity contribution is 6.99. The fourth-order valence-electron chi connectivity index (χ4n) is 5.90. The normalized spacial score (nSPS) is 16.0. The van der Waals surface area contributed by atoms with E-state index in [0.717, 1.165) is 10.4 Å². The van der Waals surface area contributed by atoms with Crippen molar-refractivity contribution in [1.82, 2.24) is 5.32 Å². The van der Waals surface area contributed by atoms with Crippen LogP contribution in [0, 0.1) is 0 Å². The van der Waals surface area contributed by atoms with Crippen molar-refractivity contribution >= 4 is 24.6 Å². The fourth-order valence-corrected chi connectivity index (χ4v) is 10.6.